The fraction of sp³-hybridized carbons (Fsp3) is 0.368. The third-order valence-electron chi connectivity index (χ3n) is 4.60. The molecule has 9 heteroatoms. The molecule has 1 atom stereocenters. The molecule has 1 amide bonds. The summed E-state index contributed by atoms with van der Waals surface area (Å²) >= 11 is 0. The van der Waals surface area contributed by atoms with Crippen molar-refractivity contribution in [2.75, 3.05) is 41.8 Å². The van der Waals surface area contributed by atoms with Crippen molar-refractivity contribution in [3.05, 3.63) is 48.3 Å². The highest BCUT2D eigenvalue weighted by molar-refractivity contribution is 6.04. The van der Waals surface area contributed by atoms with Gasteiger partial charge in [-0.15, -0.1) is 0 Å². The lowest BCUT2D eigenvalue weighted by molar-refractivity contribution is 0.0716. The van der Waals surface area contributed by atoms with Crippen molar-refractivity contribution < 1.29 is 13.9 Å². The SMILES string of the molecule is O=C1Nc2cnc(F)cc2N2CCOC(/C=C\CCCNc3nccc1n3)C2. The van der Waals surface area contributed by atoms with Crippen LogP contribution in [-0.2, 0) is 4.74 Å². The van der Waals surface area contributed by atoms with Crippen LogP contribution in [0.25, 0.3) is 0 Å². The second kappa shape index (κ2) is 8.30. The zero-order valence-corrected chi connectivity index (χ0v) is 15.3. The normalized spacial score (nSPS) is 21.2. The molecule has 2 aliphatic rings. The first-order chi connectivity index (χ1) is 13.7. The number of rotatable bonds is 0. The van der Waals surface area contributed by atoms with Crippen molar-refractivity contribution in [1.29, 1.82) is 0 Å². The van der Waals surface area contributed by atoms with Crippen LogP contribution in [0.2, 0.25) is 0 Å². The number of amides is 1. The van der Waals surface area contributed by atoms with E-state index in [9.17, 15) is 9.18 Å². The Kier molecular flexibility index (Phi) is 5.43. The van der Waals surface area contributed by atoms with Gasteiger partial charge in [0.1, 0.15) is 5.69 Å². The summed E-state index contributed by atoms with van der Waals surface area (Å²) in [6.45, 7) is 2.37. The number of anilines is 3. The molecular weight excluding hydrogens is 363 g/mol. The fourth-order valence-corrected chi connectivity index (χ4v) is 3.21. The Bertz CT molecular complexity index is 890. The Hall–Kier alpha value is -3.07. The van der Waals surface area contributed by atoms with E-state index in [2.05, 4.69) is 31.7 Å². The first-order valence-corrected chi connectivity index (χ1v) is 9.26. The number of carbonyl (C=O) groups excluding carboxylic acids is 1. The van der Waals surface area contributed by atoms with Crippen molar-refractivity contribution in [1.82, 2.24) is 15.0 Å². The van der Waals surface area contributed by atoms with Crippen LogP contribution in [-0.4, -0.2) is 53.2 Å². The molecule has 0 aromatic carbocycles. The van der Waals surface area contributed by atoms with Crippen LogP contribution in [0.4, 0.5) is 21.7 Å². The first kappa shape index (κ1) is 18.3. The van der Waals surface area contributed by atoms with Crippen LogP contribution in [0.15, 0.2) is 36.7 Å². The Morgan fingerprint density at radius 3 is 3.18 bits per heavy atom. The lowest BCUT2D eigenvalue weighted by atomic mass is 10.2. The van der Waals surface area contributed by atoms with E-state index < -0.39 is 11.9 Å². The summed E-state index contributed by atoms with van der Waals surface area (Å²) in [5.41, 5.74) is 1.22. The van der Waals surface area contributed by atoms with Crippen molar-refractivity contribution in [3.8, 4) is 0 Å². The van der Waals surface area contributed by atoms with Gasteiger partial charge in [0, 0.05) is 31.9 Å². The van der Waals surface area contributed by atoms with Gasteiger partial charge in [-0.1, -0.05) is 12.2 Å². The van der Waals surface area contributed by atoms with Gasteiger partial charge in [-0.25, -0.2) is 15.0 Å². The van der Waals surface area contributed by atoms with Crippen molar-refractivity contribution >= 4 is 23.2 Å². The van der Waals surface area contributed by atoms with E-state index in [1.54, 1.807) is 0 Å². The standard InChI is InChI=1S/C19H21FN6O2/c20-17-10-16-15(11-23-17)24-18(27)14-5-7-22-19(25-14)21-6-3-1-2-4-13-12-26(16)8-9-28-13/h2,4-5,7,10-11,13H,1,3,6,8-9,12H2,(H,24,27)(H,21,22,25)/b4-2-. The number of aromatic nitrogens is 3. The lowest BCUT2D eigenvalue weighted by Crippen LogP contribution is -2.42. The number of nitrogens with one attached hydrogen (secondary N) is 2. The molecule has 4 rings (SSSR count). The molecule has 0 aliphatic carbocycles. The Morgan fingerprint density at radius 1 is 1.32 bits per heavy atom. The van der Waals surface area contributed by atoms with Gasteiger partial charge in [0.25, 0.3) is 5.91 Å². The quantitative estimate of drug-likeness (QED) is 0.531. The zero-order valence-electron chi connectivity index (χ0n) is 15.3. The highest BCUT2D eigenvalue weighted by atomic mass is 19.1. The van der Waals surface area contributed by atoms with Gasteiger partial charge >= 0.3 is 0 Å². The van der Waals surface area contributed by atoms with E-state index in [1.165, 1.54) is 24.5 Å². The average Bonchev–Trinajstić information content (AvgIpc) is 2.71. The molecule has 2 aliphatic heterocycles. The molecule has 28 heavy (non-hydrogen) atoms. The van der Waals surface area contributed by atoms with Crippen molar-refractivity contribution in [3.63, 3.8) is 0 Å². The molecule has 1 fully saturated rings. The third kappa shape index (κ3) is 4.25. The summed E-state index contributed by atoms with van der Waals surface area (Å²) < 4.78 is 19.6. The number of nitrogens with zero attached hydrogens (tertiary/aromatic N) is 4. The Balaban J connectivity index is 1.69. The summed E-state index contributed by atoms with van der Waals surface area (Å²) in [6.07, 6.45) is 8.66. The number of allylic oxidation sites excluding steroid dienone is 1. The summed E-state index contributed by atoms with van der Waals surface area (Å²) in [7, 11) is 0. The molecule has 2 aromatic rings. The van der Waals surface area contributed by atoms with Gasteiger partial charge in [0.2, 0.25) is 11.9 Å². The van der Waals surface area contributed by atoms with Crippen LogP contribution in [0.1, 0.15) is 23.3 Å². The molecule has 2 aromatic heterocycles. The number of ether oxygens (including phenoxy) is 1. The fourth-order valence-electron chi connectivity index (χ4n) is 3.21. The van der Waals surface area contributed by atoms with Gasteiger partial charge in [-0.05, 0) is 18.9 Å². The topological polar surface area (TPSA) is 92.3 Å². The largest absolute Gasteiger partial charge is 0.370 e. The summed E-state index contributed by atoms with van der Waals surface area (Å²) in [5, 5.41) is 5.91. The number of carbonyl (C=O) groups is 1. The number of fused-ring (bicyclic) bond motifs is 6. The van der Waals surface area contributed by atoms with E-state index in [1.807, 2.05) is 11.0 Å². The predicted octanol–water partition coefficient (Wildman–Crippen LogP) is 2.23. The van der Waals surface area contributed by atoms with E-state index in [0.29, 0.717) is 43.6 Å². The van der Waals surface area contributed by atoms with Crippen LogP contribution < -0.4 is 15.5 Å². The number of halogens is 1. The molecule has 2 N–H and O–H groups in total. The minimum atomic E-state index is -0.602. The van der Waals surface area contributed by atoms with Crippen molar-refractivity contribution in [2.24, 2.45) is 0 Å². The average molecular weight is 384 g/mol. The first-order valence-electron chi connectivity index (χ1n) is 9.26. The number of pyridine rings is 1. The van der Waals surface area contributed by atoms with Crippen LogP contribution in [0, 0.1) is 5.95 Å². The maximum Gasteiger partial charge on any atom is 0.274 e. The molecular formula is C19H21FN6O2. The maximum atomic E-state index is 13.8. The number of hydrogen-bond donors (Lipinski definition) is 2. The van der Waals surface area contributed by atoms with Gasteiger partial charge in [0.05, 0.1) is 30.3 Å². The van der Waals surface area contributed by atoms with Gasteiger partial charge in [-0.3, -0.25) is 4.79 Å². The van der Waals surface area contributed by atoms with Gasteiger partial charge in [0.15, 0.2) is 0 Å². The Labute approximate surface area is 161 Å². The minimum Gasteiger partial charge on any atom is -0.370 e. The smallest absolute Gasteiger partial charge is 0.274 e. The molecule has 0 spiro atoms. The molecule has 146 valence electrons. The summed E-state index contributed by atoms with van der Waals surface area (Å²) in [6, 6.07) is 2.87. The number of morpholine rings is 1. The van der Waals surface area contributed by atoms with E-state index in [4.69, 9.17) is 4.74 Å². The monoisotopic (exact) mass is 384 g/mol. The highest BCUT2D eigenvalue weighted by Crippen LogP contribution is 2.28. The second-order valence-electron chi connectivity index (χ2n) is 6.60. The van der Waals surface area contributed by atoms with Gasteiger partial charge in [-0.2, -0.15) is 4.39 Å². The Morgan fingerprint density at radius 2 is 2.25 bits per heavy atom. The van der Waals surface area contributed by atoms with Crippen LogP contribution >= 0.6 is 0 Å². The zero-order chi connectivity index (χ0) is 19.3. The molecule has 8 nitrogen and oxygen atoms in total. The van der Waals surface area contributed by atoms with Crippen LogP contribution in [0.3, 0.4) is 0 Å². The van der Waals surface area contributed by atoms with E-state index in [-0.39, 0.29) is 11.8 Å². The maximum absolute atomic E-state index is 13.8. The number of hydrogen-bond acceptors (Lipinski definition) is 7. The summed E-state index contributed by atoms with van der Waals surface area (Å²) in [5.74, 6) is -0.614. The minimum absolute atomic E-state index is 0.0922. The van der Waals surface area contributed by atoms with Crippen molar-refractivity contribution in [2.45, 2.75) is 18.9 Å². The molecule has 1 unspecified atom stereocenters. The highest BCUT2D eigenvalue weighted by Gasteiger charge is 2.23. The third-order valence-corrected chi connectivity index (χ3v) is 4.60. The van der Waals surface area contributed by atoms with E-state index in [0.717, 1.165) is 12.8 Å². The second-order valence-corrected chi connectivity index (χ2v) is 6.60. The van der Waals surface area contributed by atoms with Gasteiger partial charge < -0.3 is 20.3 Å². The molecule has 1 saturated heterocycles. The molecule has 4 bridgehead atoms. The predicted molar refractivity (Wildman–Crippen MR) is 103 cm³/mol. The molecule has 0 radical (unpaired) electrons. The summed E-state index contributed by atoms with van der Waals surface area (Å²) in [4.78, 5) is 26.8. The molecule has 4 heterocycles. The molecule has 0 saturated carbocycles. The van der Waals surface area contributed by atoms with Crippen LogP contribution in [0.5, 0.6) is 0 Å². The lowest BCUT2D eigenvalue weighted by Gasteiger charge is -2.34. The van der Waals surface area contributed by atoms with E-state index >= 15 is 0 Å².